The van der Waals surface area contributed by atoms with Gasteiger partial charge < -0.3 is 15.0 Å². The zero-order valence-electron chi connectivity index (χ0n) is 17.5. The Hall–Kier alpha value is -3.25. The predicted octanol–water partition coefficient (Wildman–Crippen LogP) is 3.79. The second kappa shape index (κ2) is 8.86. The lowest BCUT2D eigenvalue weighted by Gasteiger charge is -2.27. The van der Waals surface area contributed by atoms with Crippen LogP contribution in [0.5, 0.6) is 0 Å². The van der Waals surface area contributed by atoms with Crippen molar-refractivity contribution in [2.75, 3.05) is 31.2 Å². The largest absolute Gasteiger partial charge is 0.378 e. The Morgan fingerprint density at radius 3 is 2.55 bits per heavy atom. The maximum absolute atomic E-state index is 12.8. The third kappa shape index (κ3) is 4.30. The topological polar surface area (TPSA) is 67.4 Å². The van der Waals surface area contributed by atoms with Gasteiger partial charge in [-0.3, -0.25) is 4.79 Å². The number of anilines is 1. The van der Waals surface area contributed by atoms with Crippen molar-refractivity contribution < 1.29 is 9.53 Å². The molecule has 0 saturated carbocycles. The molecule has 0 spiro atoms. The molecule has 31 heavy (non-hydrogen) atoms. The second-order valence-corrected chi connectivity index (χ2v) is 8.07. The molecule has 0 bridgehead atoms. The average molecular weight is 415 g/mol. The van der Waals surface area contributed by atoms with Crippen molar-refractivity contribution >= 4 is 11.7 Å². The fraction of sp³-hybridized carbons (Fsp3) is 0.320. The first kappa shape index (κ1) is 19.7. The monoisotopic (exact) mass is 414 g/mol. The molecule has 158 valence electrons. The zero-order chi connectivity index (χ0) is 21.0. The molecule has 1 N–H and O–H groups in total. The summed E-state index contributed by atoms with van der Waals surface area (Å²) in [5.41, 5.74) is 4.98. The number of fused-ring (bicyclic) bond motifs is 1. The van der Waals surface area contributed by atoms with Gasteiger partial charge in [-0.25, -0.2) is 0 Å². The van der Waals surface area contributed by atoms with E-state index < -0.39 is 0 Å². The summed E-state index contributed by atoms with van der Waals surface area (Å²) in [4.78, 5) is 15.0. The van der Waals surface area contributed by atoms with Crippen LogP contribution in [0.25, 0.3) is 11.3 Å². The Balaban J connectivity index is 1.26. The van der Waals surface area contributed by atoms with Crippen molar-refractivity contribution in [2.24, 2.45) is 0 Å². The maximum Gasteiger partial charge on any atom is 0.251 e. The fourth-order valence-electron chi connectivity index (χ4n) is 4.38. The van der Waals surface area contributed by atoms with E-state index in [4.69, 9.17) is 4.74 Å². The van der Waals surface area contributed by atoms with Gasteiger partial charge in [0.15, 0.2) is 5.82 Å². The molecule has 2 heterocycles. The van der Waals surface area contributed by atoms with Crippen LogP contribution in [0.15, 0.2) is 60.7 Å². The predicted molar refractivity (Wildman–Crippen MR) is 120 cm³/mol. The highest BCUT2D eigenvalue weighted by atomic mass is 16.5. The quantitative estimate of drug-likeness (QED) is 0.704. The molecule has 0 radical (unpaired) electrons. The molecule has 1 saturated heterocycles. The first-order valence-corrected chi connectivity index (χ1v) is 10.9. The van der Waals surface area contributed by atoms with E-state index in [2.05, 4.69) is 38.6 Å². The molecule has 2 aromatic carbocycles. The molecule has 6 nitrogen and oxygen atoms in total. The minimum absolute atomic E-state index is 0.0398. The number of morpholine rings is 1. The molecule has 2 aliphatic rings. The number of amides is 1. The van der Waals surface area contributed by atoms with Crippen LogP contribution in [0.1, 0.15) is 40.4 Å². The summed E-state index contributed by atoms with van der Waals surface area (Å²) in [6.45, 7) is 3.12. The number of carbonyl (C=O) groups excluding carboxylic acids is 1. The van der Waals surface area contributed by atoms with Crippen LogP contribution in [0.4, 0.5) is 5.82 Å². The first-order chi connectivity index (χ1) is 15.3. The van der Waals surface area contributed by atoms with Crippen LogP contribution >= 0.6 is 0 Å². The molecule has 1 fully saturated rings. The number of nitrogens with zero attached hydrogens (tertiary/aromatic N) is 3. The van der Waals surface area contributed by atoms with Gasteiger partial charge in [0.05, 0.1) is 24.9 Å². The van der Waals surface area contributed by atoms with Crippen LogP contribution < -0.4 is 10.2 Å². The van der Waals surface area contributed by atoms with Gasteiger partial charge >= 0.3 is 0 Å². The number of aromatic nitrogens is 2. The van der Waals surface area contributed by atoms with Crippen LogP contribution in [0.2, 0.25) is 0 Å². The molecule has 1 aliphatic carbocycles. The summed E-state index contributed by atoms with van der Waals surface area (Å²) >= 11 is 0. The summed E-state index contributed by atoms with van der Waals surface area (Å²) in [6, 6.07) is 20.0. The Labute approximate surface area is 182 Å². The number of ether oxygens (including phenoxy) is 1. The van der Waals surface area contributed by atoms with Crippen molar-refractivity contribution in [3.63, 3.8) is 0 Å². The third-order valence-electron chi connectivity index (χ3n) is 6.10. The molecular weight excluding hydrogens is 388 g/mol. The first-order valence-electron chi connectivity index (χ1n) is 10.9. The molecule has 6 heteroatoms. The summed E-state index contributed by atoms with van der Waals surface area (Å²) in [5, 5.41) is 12.0. The molecule has 1 amide bonds. The van der Waals surface area contributed by atoms with Crippen LogP contribution in [0.3, 0.4) is 0 Å². The molecule has 1 aromatic heterocycles. The van der Waals surface area contributed by atoms with E-state index in [0.29, 0.717) is 5.56 Å². The van der Waals surface area contributed by atoms with E-state index in [1.165, 1.54) is 11.1 Å². The number of nitrogens with one attached hydrogen (secondary N) is 1. The van der Waals surface area contributed by atoms with Gasteiger partial charge in [-0.2, -0.15) is 0 Å². The van der Waals surface area contributed by atoms with Crippen molar-refractivity contribution in [3.05, 3.63) is 77.4 Å². The van der Waals surface area contributed by atoms with E-state index in [1.54, 1.807) is 0 Å². The highest BCUT2D eigenvalue weighted by Gasteiger charge is 2.22. The number of carbonyl (C=O) groups is 1. The van der Waals surface area contributed by atoms with Crippen LogP contribution in [-0.2, 0) is 11.2 Å². The number of hydrogen-bond donors (Lipinski definition) is 1. The number of hydrogen-bond acceptors (Lipinski definition) is 5. The maximum atomic E-state index is 12.8. The molecule has 3 aromatic rings. The second-order valence-electron chi connectivity index (χ2n) is 8.07. The normalized spacial score (nSPS) is 18.3. The Morgan fingerprint density at radius 2 is 1.77 bits per heavy atom. The van der Waals surface area contributed by atoms with Gasteiger partial charge in [0.25, 0.3) is 5.91 Å². The van der Waals surface area contributed by atoms with Gasteiger partial charge in [0.2, 0.25) is 0 Å². The molecule has 1 unspecified atom stereocenters. The highest BCUT2D eigenvalue weighted by molar-refractivity contribution is 5.95. The number of aryl methyl sites for hydroxylation is 1. The summed E-state index contributed by atoms with van der Waals surface area (Å²) < 4.78 is 5.39. The van der Waals surface area contributed by atoms with Crippen LogP contribution in [0, 0.1) is 0 Å². The Kier molecular flexibility index (Phi) is 5.63. The van der Waals surface area contributed by atoms with Gasteiger partial charge in [-0.1, -0.05) is 36.4 Å². The van der Waals surface area contributed by atoms with Crippen LogP contribution in [-0.4, -0.2) is 42.4 Å². The number of rotatable bonds is 4. The van der Waals surface area contributed by atoms with E-state index >= 15 is 0 Å². The van der Waals surface area contributed by atoms with Gasteiger partial charge in [-0.05, 0) is 54.7 Å². The molecule has 5 rings (SSSR count). The SMILES string of the molecule is O=C(NC1CCCc2ccccc21)c1ccc(-c2ccc(N3CCOCC3)nn2)cc1. The lowest BCUT2D eigenvalue weighted by Crippen LogP contribution is -2.36. The smallest absolute Gasteiger partial charge is 0.251 e. The zero-order valence-corrected chi connectivity index (χ0v) is 17.5. The summed E-state index contributed by atoms with van der Waals surface area (Å²) in [7, 11) is 0. The minimum atomic E-state index is -0.0398. The lowest BCUT2D eigenvalue weighted by molar-refractivity contribution is 0.0932. The standard InChI is InChI=1S/C25H26N4O2/c30-25(26-23-7-3-5-18-4-1-2-6-21(18)23)20-10-8-19(9-11-20)22-12-13-24(28-27-22)29-14-16-31-17-15-29/h1-2,4,6,8-13,23H,3,5,7,14-17H2,(H,26,30). The van der Waals surface area contributed by atoms with Crippen molar-refractivity contribution in [1.29, 1.82) is 0 Å². The van der Waals surface area contributed by atoms with Crippen molar-refractivity contribution in [3.8, 4) is 11.3 Å². The highest BCUT2D eigenvalue weighted by Crippen LogP contribution is 2.29. The third-order valence-corrected chi connectivity index (χ3v) is 6.10. The van der Waals surface area contributed by atoms with E-state index in [-0.39, 0.29) is 11.9 Å². The van der Waals surface area contributed by atoms with Crippen molar-refractivity contribution in [2.45, 2.75) is 25.3 Å². The van der Waals surface area contributed by atoms with E-state index in [1.807, 2.05) is 42.5 Å². The fourth-order valence-corrected chi connectivity index (χ4v) is 4.38. The lowest BCUT2D eigenvalue weighted by atomic mass is 9.87. The summed E-state index contributed by atoms with van der Waals surface area (Å²) in [5.74, 6) is 0.831. The van der Waals surface area contributed by atoms with E-state index in [9.17, 15) is 4.79 Å². The van der Waals surface area contributed by atoms with Gasteiger partial charge in [0, 0.05) is 24.2 Å². The molecular formula is C25H26N4O2. The van der Waals surface area contributed by atoms with E-state index in [0.717, 1.165) is 62.6 Å². The van der Waals surface area contributed by atoms with Gasteiger partial charge in [0.1, 0.15) is 0 Å². The van der Waals surface area contributed by atoms with Crippen molar-refractivity contribution in [1.82, 2.24) is 15.5 Å². The average Bonchev–Trinajstić information content (AvgIpc) is 2.85. The summed E-state index contributed by atoms with van der Waals surface area (Å²) in [6.07, 6.45) is 3.16. The Morgan fingerprint density at radius 1 is 0.968 bits per heavy atom. The molecule has 1 atom stereocenters. The minimum Gasteiger partial charge on any atom is -0.378 e. The van der Waals surface area contributed by atoms with Gasteiger partial charge in [-0.15, -0.1) is 10.2 Å². The number of benzene rings is 2. The molecule has 1 aliphatic heterocycles. The Bertz CT molecular complexity index is 1040.